The van der Waals surface area contributed by atoms with Crippen molar-refractivity contribution >= 4 is 0 Å². The summed E-state index contributed by atoms with van der Waals surface area (Å²) in [5.41, 5.74) is -0.835. The summed E-state index contributed by atoms with van der Waals surface area (Å²) in [7, 11) is 0. The second-order valence-corrected chi connectivity index (χ2v) is 5.11. The van der Waals surface area contributed by atoms with Gasteiger partial charge in [-0.1, -0.05) is 0 Å². The third kappa shape index (κ3) is 2.69. The molecule has 0 spiro atoms. The minimum absolute atomic E-state index is 0.0521. The lowest BCUT2D eigenvalue weighted by Gasteiger charge is -2.39. The van der Waals surface area contributed by atoms with E-state index in [1.54, 1.807) is 0 Å². The maximum absolute atomic E-state index is 12.0. The zero-order valence-corrected chi connectivity index (χ0v) is 9.26. The highest BCUT2D eigenvalue weighted by molar-refractivity contribution is 4.97. The van der Waals surface area contributed by atoms with E-state index in [2.05, 4.69) is 4.90 Å². The third-order valence-electron chi connectivity index (χ3n) is 3.96. The van der Waals surface area contributed by atoms with E-state index in [1.807, 2.05) is 0 Å². The van der Waals surface area contributed by atoms with Crippen LogP contribution in [0.3, 0.4) is 0 Å². The minimum atomic E-state index is -4.09. The van der Waals surface area contributed by atoms with Gasteiger partial charge in [0.1, 0.15) is 0 Å². The fourth-order valence-corrected chi connectivity index (χ4v) is 2.95. The summed E-state index contributed by atoms with van der Waals surface area (Å²) < 4.78 is 36.1. The molecule has 0 amide bonds. The van der Waals surface area contributed by atoms with E-state index in [0.29, 0.717) is 12.8 Å². The molecular weight excluding hydrogens is 219 g/mol. The van der Waals surface area contributed by atoms with E-state index in [0.717, 1.165) is 26.1 Å². The van der Waals surface area contributed by atoms with Gasteiger partial charge >= 0.3 is 6.18 Å². The number of halogens is 3. The highest BCUT2D eigenvalue weighted by Crippen LogP contribution is 2.39. The Labute approximate surface area is 93.4 Å². The summed E-state index contributed by atoms with van der Waals surface area (Å²) in [5.74, 6) is 0.189. The van der Waals surface area contributed by atoms with Crippen LogP contribution in [0.1, 0.15) is 32.1 Å². The van der Waals surface area contributed by atoms with Crippen molar-refractivity contribution in [3.05, 3.63) is 0 Å². The van der Waals surface area contributed by atoms with Crippen molar-refractivity contribution in [2.75, 3.05) is 19.6 Å². The second-order valence-electron chi connectivity index (χ2n) is 5.11. The molecule has 2 aliphatic rings. The lowest BCUT2D eigenvalue weighted by atomic mass is 9.78. The highest BCUT2D eigenvalue weighted by atomic mass is 19.4. The molecule has 0 aliphatic carbocycles. The van der Waals surface area contributed by atoms with Crippen LogP contribution < -0.4 is 0 Å². The summed E-state index contributed by atoms with van der Waals surface area (Å²) in [6, 6.07) is 0. The summed E-state index contributed by atoms with van der Waals surface area (Å²) in [6.45, 7) is 2.69. The standard InChI is InChI=1S/C11H18F3NO/c12-11(13,14)4-1-3-10(16)5-7-15-6-2-9(10)8-15/h9,16H,1-8H2. The van der Waals surface area contributed by atoms with Crippen molar-refractivity contribution in [1.82, 2.24) is 4.90 Å². The molecule has 2 bridgehead atoms. The molecule has 94 valence electrons. The Morgan fingerprint density at radius 2 is 2.06 bits per heavy atom. The number of aliphatic hydroxyl groups is 1. The lowest BCUT2D eigenvalue weighted by Crippen LogP contribution is -2.46. The minimum Gasteiger partial charge on any atom is -0.390 e. The molecule has 3 atom stereocenters. The second kappa shape index (κ2) is 4.18. The molecule has 0 aromatic carbocycles. The predicted molar refractivity (Wildman–Crippen MR) is 54.0 cm³/mol. The number of hydrogen-bond donors (Lipinski definition) is 1. The zero-order chi connectivity index (χ0) is 11.8. The molecule has 1 N–H and O–H groups in total. The van der Waals surface area contributed by atoms with Gasteiger partial charge in [0.15, 0.2) is 0 Å². The summed E-state index contributed by atoms with van der Waals surface area (Å²) in [5, 5.41) is 10.4. The summed E-state index contributed by atoms with van der Waals surface area (Å²) >= 11 is 0. The molecule has 0 aromatic heterocycles. The first-order valence-corrected chi connectivity index (χ1v) is 5.91. The first-order chi connectivity index (χ1) is 7.39. The van der Waals surface area contributed by atoms with Crippen LogP contribution >= 0.6 is 0 Å². The number of hydrogen-bond acceptors (Lipinski definition) is 2. The predicted octanol–water partition coefficient (Wildman–Crippen LogP) is 2.18. The third-order valence-corrected chi connectivity index (χ3v) is 3.96. The van der Waals surface area contributed by atoms with Gasteiger partial charge in [0.25, 0.3) is 0 Å². The van der Waals surface area contributed by atoms with Crippen LogP contribution in [-0.4, -0.2) is 41.4 Å². The fourth-order valence-electron chi connectivity index (χ4n) is 2.95. The van der Waals surface area contributed by atoms with Crippen molar-refractivity contribution < 1.29 is 18.3 Å². The molecule has 2 heterocycles. The van der Waals surface area contributed by atoms with Crippen LogP contribution in [-0.2, 0) is 0 Å². The van der Waals surface area contributed by atoms with Crippen LogP contribution in [0.4, 0.5) is 13.2 Å². The molecule has 0 aromatic rings. The van der Waals surface area contributed by atoms with Crippen LogP contribution in [0, 0.1) is 5.92 Å². The van der Waals surface area contributed by atoms with Gasteiger partial charge in [-0.05, 0) is 32.2 Å². The smallest absolute Gasteiger partial charge is 0.389 e. The van der Waals surface area contributed by atoms with Gasteiger partial charge in [0.2, 0.25) is 0 Å². The van der Waals surface area contributed by atoms with E-state index in [9.17, 15) is 18.3 Å². The van der Waals surface area contributed by atoms with E-state index in [-0.39, 0.29) is 12.3 Å². The first-order valence-electron chi connectivity index (χ1n) is 5.91. The van der Waals surface area contributed by atoms with Gasteiger partial charge in [-0.3, -0.25) is 0 Å². The monoisotopic (exact) mass is 237 g/mol. The van der Waals surface area contributed by atoms with Crippen molar-refractivity contribution in [3.8, 4) is 0 Å². The van der Waals surface area contributed by atoms with Crippen LogP contribution in [0.2, 0.25) is 0 Å². The topological polar surface area (TPSA) is 23.5 Å². The number of nitrogens with zero attached hydrogens (tertiary/aromatic N) is 1. The fraction of sp³-hybridized carbons (Fsp3) is 1.00. The molecule has 2 aliphatic heterocycles. The Hall–Kier alpha value is -0.290. The van der Waals surface area contributed by atoms with Crippen molar-refractivity contribution in [3.63, 3.8) is 0 Å². The van der Waals surface area contributed by atoms with Crippen LogP contribution in [0.15, 0.2) is 0 Å². The maximum atomic E-state index is 12.0. The average molecular weight is 237 g/mol. The maximum Gasteiger partial charge on any atom is 0.389 e. The van der Waals surface area contributed by atoms with Gasteiger partial charge in [0.05, 0.1) is 5.60 Å². The molecule has 2 nitrogen and oxygen atoms in total. The Morgan fingerprint density at radius 1 is 1.31 bits per heavy atom. The SMILES string of the molecule is OC1(CCCC(F)(F)F)CCN2CCC1C2. The quantitative estimate of drug-likeness (QED) is 0.813. The average Bonchev–Trinajstić information content (AvgIpc) is 2.56. The van der Waals surface area contributed by atoms with Gasteiger partial charge in [0, 0.05) is 25.4 Å². The van der Waals surface area contributed by atoms with Crippen LogP contribution in [0.25, 0.3) is 0 Å². The Bertz CT molecular complexity index is 256. The van der Waals surface area contributed by atoms with E-state index in [1.165, 1.54) is 0 Å². The molecular formula is C11H18F3NO. The van der Waals surface area contributed by atoms with E-state index < -0.39 is 18.2 Å². The Morgan fingerprint density at radius 3 is 2.75 bits per heavy atom. The van der Waals surface area contributed by atoms with E-state index in [4.69, 9.17) is 0 Å². The van der Waals surface area contributed by atoms with Gasteiger partial charge in [-0.15, -0.1) is 0 Å². The Kier molecular flexibility index (Phi) is 3.18. The molecule has 5 heteroatoms. The number of piperidine rings is 1. The first kappa shape index (κ1) is 12.2. The molecule has 2 saturated heterocycles. The van der Waals surface area contributed by atoms with E-state index >= 15 is 0 Å². The number of rotatable bonds is 3. The molecule has 3 unspecified atom stereocenters. The number of alkyl halides is 3. The number of fused-ring (bicyclic) bond motifs is 2. The van der Waals surface area contributed by atoms with Crippen molar-refractivity contribution in [2.24, 2.45) is 5.92 Å². The molecule has 0 saturated carbocycles. The zero-order valence-electron chi connectivity index (χ0n) is 9.26. The lowest BCUT2D eigenvalue weighted by molar-refractivity contribution is -0.140. The molecule has 2 rings (SSSR count). The highest BCUT2D eigenvalue weighted by Gasteiger charge is 2.44. The summed E-state index contributed by atoms with van der Waals surface area (Å²) in [4.78, 5) is 2.28. The van der Waals surface area contributed by atoms with Gasteiger partial charge in [-0.2, -0.15) is 13.2 Å². The molecule has 0 radical (unpaired) electrons. The normalized spacial score (nSPS) is 39.0. The van der Waals surface area contributed by atoms with Crippen LogP contribution in [0.5, 0.6) is 0 Å². The van der Waals surface area contributed by atoms with Crippen molar-refractivity contribution in [1.29, 1.82) is 0 Å². The molecule has 2 fully saturated rings. The Balaban J connectivity index is 1.83. The van der Waals surface area contributed by atoms with Gasteiger partial charge in [-0.25, -0.2) is 0 Å². The summed E-state index contributed by atoms with van der Waals surface area (Å²) in [6.07, 6.45) is -2.95. The molecule has 16 heavy (non-hydrogen) atoms. The van der Waals surface area contributed by atoms with Gasteiger partial charge < -0.3 is 10.0 Å². The van der Waals surface area contributed by atoms with Crippen molar-refractivity contribution in [2.45, 2.75) is 43.9 Å². The largest absolute Gasteiger partial charge is 0.390 e.